The first-order chi connectivity index (χ1) is 13.2. The smallest absolute Gasteiger partial charge is 0.418 e. The van der Waals surface area contributed by atoms with Gasteiger partial charge in [0.25, 0.3) is 0 Å². The maximum absolute atomic E-state index is 13.2. The number of nitrogens with one attached hydrogen (secondary N) is 1. The van der Waals surface area contributed by atoms with Gasteiger partial charge in [-0.3, -0.25) is 9.59 Å². The number of hydrogen-bond acceptors (Lipinski definition) is 3. The Morgan fingerprint density at radius 1 is 1.21 bits per heavy atom. The van der Waals surface area contributed by atoms with E-state index in [2.05, 4.69) is 5.32 Å². The average molecular weight is 413 g/mol. The fraction of sp³-hybridized carbons (Fsp3) is 0.263. The fourth-order valence-corrected chi connectivity index (χ4v) is 3.16. The number of benzene rings is 2. The highest BCUT2D eigenvalue weighted by molar-refractivity contribution is 6.30. The van der Waals surface area contributed by atoms with E-state index < -0.39 is 29.3 Å². The number of halogens is 4. The van der Waals surface area contributed by atoms with Crippen LogP contribution in [0, 0.1) is 5.92 Å². The predicted octanol–water partition coefficient (Wildman–Crippen LogP) is 4.36. The summed E-state index contributed by atoms with van der Waals surface area (Å²) in [6.45, 7) is 0.0753. The van der Waals surface area contributed by atoms with E-state index in [-0.39, 0.29) is 23.9 Å². The van der Waals surface area contributed by atoms with Gasteiger partial charge in [-0.05, 0) is 42.5 Å². The van der Waals surface area contributed by atoms with Crippen molar-refractivity contribution >= 4 is 34.8 Å². The highest BCUT2D eigenvalue weighted by Crippen LogP contribution is 2.37. The first-order valence-electron chi connectivity index (χ1n) is 8.31. The van der Waals surface area contributed by atoms with Gasteiger partial charge in [-0.1, -0.05) is 11.6 Å². The van der Waals surface area contributed by atoms with Crippen LogP contribution < -0.4 is 15.0 Å². The van der Waals surface area contributed by atoms with Crippen LogP contribution in [0.1, 0.15) is 12.0 Å². The molecule has 1 saturated heterocycles. The van der Waals surface area contributed by atoms with Crippen LogP contribution in [0.5, 0.6) is 5.75 Å². The highest BCUT2D eigenvalue weighted by atomic mass is 35.5. The lowest BCUT2D eigenvalue weighted by atomic mass is 10.1. The van der Waals surface area contributed by atoms with Gasteiger partial charge in [0.1, 0.15) is 5.75 Å². The summed E-state index contributed by atoms with van der Waals surface area (Å²) in [7, 11) is 1.52. The highest BCUT2D eigenvalue weighted by Gasteiger charge is 2.38. The third-order valence-electron chi connectivity index (χ3n) is 4.42. The van der Waals surface area contributed by atoms with Crippen molar-refractivity contribution in [2.75, 3.05) is 23.9 Å². The van der Waals surface area contributed by atoms with Gasteiger partial charge in [-0.15, -0.1) is 0 Å². The number of alkyl halides is 3. The summed E-state index contributed by atoms with van der Waals surface area (Å²) in [5.41, 5.74) is -0.842. The molecule has 3 rings (SSSR count). The number of amides is 2. The maximum atomic E-state index is 13.2. The van der Waals surface area contributed by atoms with Gasteiger partial charge in [0.05, 0.1) is 24.3 Å². The van der Waals surface area contributed by atoms with Crippen LogP contribution in [0.2, 0.25) is 5.02 Å². The lowest BCUT2D eigenvalue weighted by Gasteiger charge is -2.18. The number of anilines is 2. The molecule has 0 spiro atoms. The maximum Gasteiger partial charge on any atom is 0.418 e. The van der Waals surface area contributed by atoms with Gasteiger partial charge in [0, 0.05) is 23.7 Å². The van der Waals surface area contributed by atoms with Crippen LogP contribution in [0.25, 0.3) is 0 Å². The van der Waals surface area contributed by atoms with Crippen LogP contribution in [0.15, 0.2) is 42.5 Å². The molecular formula is C19H16ClF3N2O3. The summed E-state index contributed by atoms with van der Waals surface area (Å²) < 4.78 is 44.6. The topological polar surface area (TPSA) is 58.6 Å². The van der Waals surface area contributed by atoms with E-state index in [1.54, 1.807) is 24.3 Å². The molecule has 1 heterocycles. The number of ether oxygens (including phenoxy) is 1. The van der Waals surface area contributed by atoms with Gasteiger partial charge >= 0.3 is 6.18 Å². The first kappa shape index (κ1) is 20.0. The van der Waals surface area contributed by atoms with Crippen molar-refractivity contribution in [1.82, 2.24) is 0 Å². The Morgan fingerprint density at radius 2 is 1.89 bits per heavy atom. The molecule has 9 heteroatoms. The summed E-state index contributed by atoms with van der Waals surface area (Å²) in [5, 5.41) is 2.19. The fourth-order valence-electron chi connectivity index (χ4n) is 2.99. The number of nitrogens with zero attached hydrogens (tertiary/aromatic N) is 1. The Labute approximate surface area is 164 Å². The van der Waals surface area contributed by atoms with E-state index in [4.69, 9.17) is 16.3 Å². The zero-order valence-electron chi connectivity index (χ0n) is 14.7. The van der Waals surface area contributed by atoms with Gasteiger partial charge in [-0.2, -0.15) is 13.2 Å². The van der Waals surface area contributed by atoms with Gasteiger partial charge in [0.2, 0.25) is 11.8 Å². The second-order valence-corrected chi connectivity index (χ2v) is 6.72. The lowest BCUT2D eigenvalue weighted by molar-refractivity contribution is -0.137. The number of carbonyl (C=O) groups excluding carboxylic acids is 2. The second kappa shape index (κ2) is 7.71. The van der Waals surface area contributed by atoms with Crippen LogP contribution in [-0.2, 0) is 15.8 Å². The van der Waals surface area contributed by atoms with Gasteiger partial charge in [0.15, 0.2) is 0 Å². The Hall–Kier alpha value is -2.74. The van der Waals surface area contributed by atoms with Crippen molar-refractivity contribution in [1.29, 1.82) is 0 Å². The Morgan fingerprint density at radius 3 is 2.50 bits per heavy atom. The first-order valence-corrected chi connectivity index (χ1v) is 8.69. The van der Waals surface area contributed by atoms with Crippen LogP contribution in [-0.4, -0.2) is 25.5 Å². The number of hydrogen-bond donors (Lipinski definition) is 1. The van der Waals surface area contributed by atoms with E-state index in [1.165, 1.54) is 18.1 Å². The molecule has 0 bridgehead atoms. The minimum absolute atomic E-state index is 0.0753. The van der Waals surface area contributed by atoms with E-state index in [9.17, 15) is 22.8 Å². The molecule has 2 aromatic rings. The number of carbonyl (C=O) groups is 2. The summed E-state index contributed by atoms with van der Waals surface area (Å²) in [5.74, 6) is -1.09. The third kappa shape index (κ3) is 4.22. The monoisotopic (exact) mass is 412 g/mol. The van der Waals surface area contributed by atoms with Crippen molar-refractivity contribution in [2.24, 2.45) is 5.92 Å². The molecule has 0 saturated carbocycles. The minimum atomic E-state index is -4.67. The van der Waals surface area contributed by atoms with E-state index in [1.807, 2.05) is 0 Å². The van der Waals surface area contributed by atoms with Crippen LogP contribution in [0.4, 0.5) is 24.5 Å². The quantitative estimate of drug-likeness (QED) is 0.811. The summed E-state index contributed by atoms with van der Waals surface area (Å²) in [6.07, 6.45) is -4.76. The van der Waals surface area contributed by atoms with E-state index in [0.717, 1.165) is 12.1 Å². The molecule has 1 atom stereocenters. The second-order valence-electron chi connectivity index (χ2n) is 6.28. The number of methoxy groups -OCH3 is 1. The molecular weight excluding hydrogens is 397 g/mol. The van der Waals surface area contributed by atoms with Gasteiger partial charge < -0.3 is 15.0 Å². The minimum Gasteiger partial charge on any atom is -0.497 e. The van der Waals surface area contributed by atoms with Crippen molar-refractivity contribution in [3.8, 4) is 5.75 Å². The molecule has 5 nitrogen and oxygen atoms in total. The molecule has 0 aliphatic carbocycles. The van der Waals surface area contributed by atoms with Crippen LogP contribution >= 0.6 is 11.6 Å². The molecule has 1 aliphatic heterocycles. The Bertz CT molecular complexity index is 900. The SMILES string of the molecule is COc1ccc(N2CC(C(=O)Nc3ccc(Cl)cc3C(F)(F)F)CC2=O)cc1. The standard InChI is InChI=1S/C19H16ClF3N2O3/c1-28-14-5-3-13(4-6-14)25-10-11(8-17(25)26)18(27)24-16-7-2-12(20)9-15(16)19(21,22)23/h2-7,9,11H,8,10H2,1H3,(H,24,27). The molecule has 2 amide bonds. The van der Waals surface area contributed by atoms with Crippen molar-refractivity contribution in [3.05, 3.63) is 53.1 Å². The number of rotatable bonds is 4. The Balaban J connectivity index is 1.75. The van der Waals surface area contributed by atoms with Crippen molar-refractivity contribution in [2.45, 2.75) is 12.6 Å². The predicted molar refractivity (Wildman–Crippen MR) is 98.5 cm³/mol. The van der Waals surface area contributed by atoms with Crippen molar-refractivity contribution < 1.29 is 27.5 Å². The third-order valence-corrected chi connectivity index (χ3v) is 4.66. The van der Waals surface area contributed by atoms with Crippen molar-refractivity contribution in [3.63, 3.8) is 0 Å². The zero-order chi connectivity index (χ0) is 20.5. The molecule has 0 aromatic heterocycles. The van der Waals surface area contributed by atoms with E-state index >= 15 is 0 Å². The molecule has 1 fully saturated rings. The normalized spacial score (nSPS) is 17.0. The largest absolute Gasteiger partial charge is 0.497 e. The molecule has 0 radical (unpaired) electrons. The van der Waals surface area contributed by atoms with E-state index in [0.29, 0.717) is 11.4 Å². The summed E-state index contributed by atoms with van der Waals surface area (Å²) >= 11 is 5.64. The zero-order valence-corrected chi connectivity index (χ0v) is 15.5. The Kier molecular flexibility index (Phi) is 5.51. The lowest BCUT2D eigenvalue weighted by Crippen LogP contribution is -2.28. The molecule has 1 N–H and O–H groups in total. The van der Waals surface area contributed by atoms with Crippen LogP contribution in [0.3, 0.4) is 0 Å². The molecule has 28 heavy (non-hydrogen) atoms. The summed E-state index contributed by atoms with van der Waals surface area (Å²) in [6, 6.07) is 9.83. The molecule has 148 valence electrons. The molecule has 1 aliphatic rings. The summed E-state index contributed by atoms with van der Waals surface area (Å²) in [4.78, 5) is 26.2. The molecule has 1 unspecified atom stereocenters. The average Bonchev–Trinajstić information content (AvgIpc) is 3.04. The molecule has 2 aromatic carbocycles. The van der Waals surface area contributed by atoms with Gasteiger partial charge in [-0.25, -0.2) is 0 Å².